The van der Waals surface area contributed by atoms with Gasteiger partial charge in [0.1, 0.15) is 0 Å². The molecule has 1 N–H and O–H groups in total. The van der Waals surface area contributed by atoms with Crippen LogP contribution in [0.4, 0.5) is 5.69 Å². The Labute approximate surface area is 148 Å². The van der Waals surface area contributed by atoms with Crippen molar-refractivity contribution < 1.29 is 9.47 Å². The Bertz CT molecular complexity index is 665. The van der Waals surface area contributed by atoms with E-state index in [0.29, 0.717) is 34.7 Å². The van der Waals surface area contributed by atoms with E-state index in [1.807, 2.05) is 19.1 Å². The molecule has 3 nitrogen and oxygen atoms in total. The van der Waals surface area contributed by atoms with Gasteiger partial charge in [-0.1, -0.05) is 23.2 Å². The van der Waals surface area contributed by atoms with Crippen molar-refractivity contribution in [2.45, 2.75) is 13.5 Å². The predicted molar refractivity (Wildman–Crippen MR) is 95.7 cm³/mol. The highest BCUT2D eigenvalue weighted by atomic mass is 79.9. The van der Waals surface area contributed by atoms with Crippen molar-refractivity contribution in [2.75, 3.05) is 19.0 Å². The molecule has 0 atom stereocenters. The molecular weight excluding hydrogens is 389 g/mol. The molecule has 0 aliphatic rings. The van der Waals surface area contributed by atoms with Crippen molar-refractivity contribution in [1.82, 2.24) is 0 Å². The molecule has 0 bridgehead atoms. The summed E-state index contributed by atoms with van der Waals surface area (Å²) in [5, 5.41) is 4.53. The number of benzene rings is 2. The third kappa shape index (κ3) is 4.22. The maximum atomic E-state index is 6.15. The summed E-state index contributed by atoms with van der Waals surface area (Å²) in [5.74, 6) is 1.39. The van der Waals surface area contributed by atoms with Crippen LogP contribution in [-0.4, -0.2) is 13.7 Å². The van der Waals surface area contributed by atoms with E-state index in [9.17, 15) is 0 Å². The van der Waals surface area contributed by atoms with Gasteiger partial charge in [0, 0.05) is 11.6 Å². The number of anilines is 1. The highest BCUT2D eigenvalue weighted by Crippen LogP contribution is 2.37. The van der Waals surface area contributed by atoms with Crippen LogP contribution in [0.3, 0.4) is 0 Å². The maximum Gasteiger partial charge on any atom is 0.174 e. The quantitative estimate of drug-likeness (QED) is 0.662. The SMILES string of the molecule is CCOc1cc(CNc2cc(Cl)ccc2Cl)cc(Br)c1OC. The molecule has 0 heterocycles. The first-order valence-corrected chi connectivity index (χ1v) is 8.28. The van der Waals surface area contributed by atoms with E-state index < -0.39 is 0 Å². The van der Waals surface area contributed by atoms with E-state index in [-0.39, 0.29) is 0 Å². The summed E-state index contributed by atoms with van der Waals surface area (Å²) < 4.78 is 11.8. The predicted octanol–water partition coefficient (Wildman–Crippen LogP) is 5.78. The third-order valence-electron chi connectivity index (χ3n) is 2.98. The number of hydrogen-bond donors (Lipinski definition) is 1. The minimum Gasteiger partial charge on any atom is -0.492 e. The van der Waals surface area contributed by atoms with Crippen molar-refractivity contribution in [3.8, 4) is 11.5 Å². The molecular formula is C16H16BrCl2NO2. The second-order valence-electron chi connectivity index (χ2n) is 4.52. The van der Waals surface area contributed by atoms with Crippen LogP contribution in [0, 0.1) is 0 Å². The molecule has 0 aliphatic carbocycles. The number of hydrogen-bond acceptors (Lipinski definition) is 3. The van der Waals surface area contributed by atoms with Gasteiger partial charge < -0.3 is 14.8 Å². The zero-order valence-corrected chi connectivity index (χ0v) is 15.3. The highest BCUT2D eigenvalue weighted by Gasteiger charge is 2.11. The normalized spacial score (nSPS) is 10.4. The second kappa shape index (κ2) is 7.95. The molecule has 22 heavy (non-hydrogen) atoms. The average Bonchev–Trinajstić information content (AvgIpc) is 2.48. The van der Waals surface area contributed by atoms with E-state index in [2.05, 4.69) is 21.2 Å². The van der Waals surface area contributed by atoms with Crippen LogP contribution >= 0.6 is 39.1 Å². The zero-order valence-electron chi connectivity index (χ0n) is 12.3. The summed E-state index contributed by atoms with van der Waals surface area (Å²) >= 11 is 15.6. The Morgan fingerprint density at radius 3 is 2.64 bits per heavy atom. The molecule has 2 rings (SSSR count). The van der Waals surface area contributed by atoms with Gasteiger partial charge in [0.05, 0.1) is 28.9 Å². The van der Waals surface area contributed by atoms with Gasteiger partial charge in [-0.2, -0.15) is 0 Å². The van der Waals surface area contributed by atoms with E-state index in [4.69, 9.17) is 32.7 Å². The smallest absolute Gasteiger partial charge is 0.174 e. The van der Waals surface area contributed by atoms with E-state index >= 15 is 0 Å². The third-order valence-corrected chi connectivity index (χ3v) is 4.14. The minimum atomic E-state index is 0.569. The number of rotatable bonds is 6. The minimum absolute atomic E-state index is 0.569. The summed E-state index contributed by atoms with van der Waals surface area (Å²) in [4.78, 5) is 0. The lowest BCUT2D eigenvalue weighted by atomic mass is 10.2. The van der Waals surface area contributed by atoms with Gasteiger partial charge in [0.25, 0.3) is 0 Å². The molecule has 118 valence electrons. The number of methoxy groups -OCH3 is 1. The van der Waals surface area contributed by atoms with Gasteiger partial charge >= 0.3 is 0 Å². The Balaban J connectivity index is 2.21. The fourth-order valence-electron chi connectivity index (χ4n) is 2.01. The molecule has 2 aromatic carbocycles. The van der Waals surface area contributed by atoms with Gasteiger partial charge in [-0.3, -0.25) is 0 Å². The van der Waals surface area contributed by atoms with Crippen LogP contribution in [0.15, 0.2) is 34.8 Å². The van der Waals surface area contributed by atoms with Crippen LogP contribution in [0.1, 0.15) is 12.5 Å². The average molecular weight is 405 g/mol. The summed E-state index contributed by atoms with van der Waals surface area (Å²) in [5.41, 5.74) is 1.83. The first-order chi connectivity index (χ1) is 10.5. The Kier molecular flexibility index (Phi) is 6.24. The molecule has 0 fully saturated rings. The van der Waals surface area contributed by atoms with Crippen molar-refractivity contribution in [2.24, 2.45) is 0 Å². The molecule has 0 saturated carbocycles. The lowest BCUT2D eigenvalue weighted by Gasteiger charge is -2.14. The largest absolute Gasteiger partial charge is 0.492 e. The number of nitrogens with one attached hydrogen (secondary N) is 1. The second-order valence-corrected chi connectivity index (χ2v) is 6.22. The Hall–Kier alpha value is -1.10. The van der Waals surface area contributed by atoms with Crippen LogP contribution < -0.4 is 14.8 Å². The van der Waals surface area contributed by atoms with Crippen LogP contribution in [-0.2, 0) is 6.54 Å². The van der Waals surface area contributed by atoms with Crippen LogP contribution in [0.2, 0.25) is 10.0 Å². The molecule has 0 spiro atoms. The topological polar surface area (TPSA) is 30.5 Å². The molecule has 0 aromatic heterocycles. The first-order valence-electron chi connectivity index (χ1n) is 6.73. The van der Waals surface area contributed by atoms with Gasteiger partial charge in [-0.15, -0.1) is 0 Å². The molecule has 6 heteroatoms. The monoisotopic (exact) mass is 403 g/mol. The van der Waals surface area contributed by atoms with Crippen molar-refractivity contribution in [3.63, 3.8) is 0 Å². The van der Waals surface area contributed by atoms with E-state index in [1.165, 1.54) is 0 Å². The van der Waals surface area contributed by atoms with Crippen LogP contribution in [0.25, 0.3) is 0 Å². The van der Waals surface area contributed by atoms with Crippen molar-refractivity contribution in [3.05, 3.63) is 50.4 Å². The summed E-state index contributed by atoms with van der Waals surface area (Å²) in [7, 11) is 1.62. The fourth-order valence-corrected chi connectivity index (χ4v) is 3.02. The molecule has 0 amide bonds. The summed E-state index contributed by atoms with van der Waals surface area (Å²) in [6.45, 7) is 3.09. The molecule has 0 radical (unpaired) electrons. The van der Waals surface area contributed by atoms with Crippen molar-refractivity contribution >= 4 is 44.8 Å². The van der Waals surface area contributed by atoms with Gasteiger partial charge in [0.2, 0.25) is 0 Å². The van der Waals surface area contributed by atoms with Gasteiger partial charge in [0.15, 0.2) is 11.5 Å². The highest BCUT2D eigenvalue weighted by molar-refractivity contribution is 9.10. The molecule has 0 aliphatic heterocycles. The molecule has 2 aromatic rings. The molecule has 0 saturated heterocycles. The van der Waals surface area contributed by atoms with E-state index in [1.54, 1.807) is 25.3 Å². The van der Waals surface area contributed by atoms with Gasteiger partial charge in [-0.25, -0.2) is 0 Å². The zero-order chi connectivity index (χ0) is 16.1. The Morgan fingerprint density at radius 1 is 1.18 bits per heavy atom. The lowest BCUT2D eigenvalue weighted by molar-refractivity contribution is 0.309. The Morgan fingerprint density at radius 2 is 1.95 bits per heavy atom. The summed E-state index contributed by atoms with van der Waals surface area (Å²) in [6.07, 6.45) is 0. The first kappa shape index (κ1) is 17.3. The number of halogens is 3. The van der Waals surface area contributed by atoms with Crippen molar-refractivity contribution in [1.29, 1.82) is 0 Å². The summed E-state index contributed by atoms with van der Waals surface area (Å²) in [6, 6.07) is 9.24. The fraction of sp³-hybridized carbons (Fsp3) is 0.250. The number of ether oxygens (including phenoxy) is 2. The van der Waals surface area contributed by atoms with Crippen LogP contribution in [0.5, 0.6) is 11.5 Å². The van der Waals surface area contributed by atoms with Gasteiger partial charge in [-0.05, 0) is 58.7 Å². The standard InChI is InChI=1S/C16H16BrCl2NO2/c1-3-22-15-7-10(6-12(17)16(15)21-2)9-20-14-8-11(18)4-5-13(14)19/h4-8,20H,3,9H2,1-2H3. The lowest BCUT2D eigenvalue weighted by Crippen LogP contribution is -2.02. The van der Waals surface area contributed by atoms with E-state index in [0.717, 1.165) is 15.7 Å². The molecule has 0 unspecified atom stereocenters. The maximum absolute atomic E-state index is 6.15.